The van der Waals surface area contributed by atoms with Gasteiger partial charge in [0, 0.05) is 5.56 Å². The van der Waals surface area contributed by atoms with Crippen molar-refractivity contribution >= 4 is 5.57 Å². The molecule has 2 nitrogen and oxygen atoms in total. The van der Waals surface area contributed by atoms with E-state index in [1.165, 1.54) is 12.1 Å². The van der Waals surface area contributed by atoms with Gasteiger partial charge in [0.1, 0.15) is 5.75 Å². The van der Waals surface area contributed by atoms with Crippen LogP contribution in [0, 0.1) is 0 Å². The first kappa shape index (κ1) is 12.0. The Labute approximate surface area is 96.3 Å². The molecule has 92 valence electrons. The summed E-state index contributed by atoms with van der Waals surface area (Å²) in [6, 6.07) is 5.96. The first-order chi connectivity index (χ1) is 7.96. The number of halogens is 3. The summed E-state index contributed by atoms with van der Waals surface area (Å²) >= 11 is 0. The minimum absolute atomic E-state index is 0.222. The predicted molar refractivity (Wildman–Crippen MR) is 56.3 cm³/mol. The number of ether oxygens (including phenoxy) is 1. The molecule has 0 fully saturated rings. The lowest BCUT2D eigenvalue weighted by Crippen LogP contribution is -2.17. The smallest absolute Gasteiger partial charge is 0.405 e. The quantitative estimate of drug-likeness (QED) is 0.866. The van der Waals surface area contributed by atoms with Crippen molar-refractivity contribution < 1.29 is 23.0 Å². The maximum atomic E-state index is 12.2. The molecule has 1 unspecified atom stereocenters. The van der Waals surface area contributed by atoms with Crippen molar-refractivity contribution in [1.82, 2.24) is 0 Å². The minimum Gasteiger partial charge on any atom is -0.405 e. The Bertz CT molecular complexity index is 438. The van der Waals surface area contributed by atoms with Crippen LogP contribution in [0.1, 0.15) is 18.4 Å². The SMILES string of the molecule is OC1C=C(c2ccccc2OC(F)(F)F)CC1. The summed E-state index contributed by atoms with van der Waals surface area (Å²) in [5, 5.41) is 9.34. The van der Waals surface area contributed by atoms with Crippen LogP contribution in [0.15, 0.2) is 30.3 Å². The van der Waals surface area contributed by atoms with Crippen molar-refractivity contribution in [3.63, 3.8) is 0 Å². The second kappa shape index (κ2) is 4.41. The lowest BCUT2D eigenvalue weighted by molar-refractivity contribution is -0.274. The predicted octanol–water partition coefficient (Wildman–Crippen LogP) is 3.12. The summed E-state index contributed by atoms with van der Waals surface area (Å²) in [7, 11) is 0. The van der Waals surface area contributed by atoms with Crippen LogP contribution in [-0.4, -0.2) is 17.6 Å². The molecule has 0 spiro atoms. The fraction of sp³-hybridized carbons (Fsp3) is 0.333. The summed E-state index contributed by atoms with van der Waals surface area (Å²) in [6.45, 7) is 0. The molecule has 5 heteroatoms. The van der Waals surface area contributed by atoms with Gasteiger partial charge in [-0.1, -0.05) is 24.3 Å². The topological polar surface area (TPSA) is 29.5 Å². The van der Waals surface area contributed by atoms with Gasteiger partial charge < -0.3 is 9.84 Å². The fourth-order valence-electron chi connectivity index (χ4n) is 1.87. The summed E-state index contributed by atoms with van der Waals surface area (Å²) < 4.78 is 40.5. The number of rotatable bonds is 2. The number of benzene rings is 1. The van der Waals surface area contributed by atoms with Crippen LogP contribution < -0.4 is 4.74 Å². The fourth-order valence-corrected chi connectivity index (χ4v) is 1.87. The van der Waals surface area contributed by atoms with E-state index in [9.17, 15) is 18.3 Å². The van der Waals surface area contributed by atoms with Gasteiger partial charge in [-0.05, 0) is 24.5 Å². The third kappa shape index (κ3) is 3.00. The zero-order valence-corrected chi connectivity index (χ0v) is 8.87. The highest BCUT2D eigenvalue weighted by molar-refractivity contribution is 5.72. The lowest BCUT2D eigenvalue weighted by Gasteiger charge is -2.13. The highest BCUT2D eigenvalue weighted by Gasteiger charge is 2.32. The van der Waals surface area contributed by atoms with Crippen molar-refractivity contribution in [2.75, 3.05) is 0 Å². The highest BCUT2D eigenvalue weighted by atomic mass is 19.4. The molecular formula is C12H11F3O2. The van der Waals surface area contributed by atoms with E-state index in [-0.39, 0.29) is 5.75 Å². The van der Waals surface area contributed by atoms with Crippen LogP contribution >= 0.6 is 0 Å². The molecule has 0 saturated heterocycles. The molecule has 17 heavy (non-hydrogen) atoms. The maximum absolute atomic E-state index is 12.2. The van der Waals surface area contributed by atoms with Gasteiger partial charge in [-0.15, -0.1) is 13.2 Å². The van der Waals surface area contributed by atoms with Crippen LogP contribution in [0.5, 0.6) is 5.75 Å². The Morgan fingerprint density at radius 3 is 2.53 bits per heavy atom. The normalized spacial score (nSPS) is 20.2. The molecule has 1 N–H and O–H groups in total. The third-order valence-electron chi connectivity index (χ3n) is 2.56. The number of para-hydroxylation sites is 1. The molecule has 1 aliphatic rings. The van der Waals surface area contributed by atoms with Crippen LogP contribution in [0.4, 0.5) is 13.2 Å². The molecule has 0 aromatic heterocycles. The summed E-state index contributed by atoms with van der Waals surface area (Å²) in [5.74, 6) is -0.222. The highest BCUT2D eigenvalue weighted by Crippen LogP contribution is 2.35. The van der Waals surface area contributed by atoms with E-state index in [1.807, 2.05) is 0 Å². The minimum atomic E-state index is -4.70. The van der Waals surface area contributed by atoms with Crippen molar-refractivity contribution in [3.05, 3.63) is 35.9 Å². The van der Waals surface area contributed by atoms with E-state index >= 15 is 0 Å². The molecule has 2 rings (SSSR count). The Kier molecular flexibility index (Phi) is 3.11. The molecule has 0 aliphatic heterocycles. The van der Waals surface area contributed by atoms with Crippen molar-refractivity contribution in [1.29, 1.82) is 0 Å². The van der Waals surface area contributed by atoms with E-state index < -0.39 is 12.5 Å². The zero-order chi connectivity index (χ0) is 12.5. The molecular weight excluding hydrogens is 233 g/mol. The number of aliphatic hydroxyl groups excluding tert-OH is 1. The van der Waals surface area contributed by atoms with Gasteiger partial charge in [0.2, 0.25) is 0 Å². The van der Waals surface area contributed by atoms with Gasteiger partial charge in [-0.3, -0.25) is 0 Å². The van der Waals surface area contributed by atoms with Gasteiger partial charge in [-0.2, -0.15) is 0 Å². The Morgan fingerprint density at radius 1 is 1.24 bits per heavy atom. The van der Waals surface area contributed by atoms with Crippen LogP contribution in [0.3, 0.4) is 0 Å². The molecule has 1 aromatic rings. The van der Waals surface area contributed by atoms with Gasteiger partial charge in [0.25, 0.3) is 0 Å². The number of hydrogen-bond acceptors (Lipinski definition) is 2. The first-order valence-corrected chi connectivity index (χ1v) is 5.19. The number of alkyl halides is 3. The summed E-state index contributed by atoms with van der Waals surface area (Å²) in [5.41, 5.74) is 1.08. The van der Waals surface area contributed by atoms with E-state index in [4.69, 9.17) is 0 Å². The molecule has 1 atom stereocenters. The Hall–Kier alpha value is -1.49. The number of aliphatic hydroxyl groups is 1. The lowest BCUT2D eigenvalue weighted by atomic mass is 10.0. The largest absolute Gasteiger partial charge is 0.573 e. The van der Waals surface area contributed by atoms with Crippen molar-refractivity contribution in [2.24, 2.45) is 0 Å². The zero-order valence-electron chi connectivity index (χ0n) is 8.87. The van der Waals surface area contributed by atoms with Crippen LogP contribution in [-0.2, 0) is 0 Å². The maximum Gasteiger partial charge on any atom is 0.573 e. The molecule has 0 heterocycles. The summed E-state index contributed by atoms with van der Waals surface area (Å²) in [6.07, 6.45) is -2.62. The van der Waals surface area contributed by atoms with E-state index in [2.05, 4.69) is 4.74 Å². The summed E-state index contributed by atoms with van der Waals surface area (Å²) in [4.78, 5) is 0. The standard InChI is InChI=1S/C12H11F3O2/c13-12(14,15)17-11-4-2-1-3-10(11)8-5-6-9(16)7-8/h1-4,7,9,16H,5-6H2. The van der Waals surface area contributed by atoms with E-state index in [0.29, 0.717) is 24.0 Å². The van der Waals surface area contributed by atoms with Crippen molar-refractivity contribution in [3.8, 4) is 5.75 Å². The van der Waals surface area contributed by atoms with Crippen LogP contribution in [0.25, 0.3) is 5.57 Å². The Morgan fingerprint density at radius 2 is 1.94 bits per heavy atom. The van der Waals surface area contributed by atoms with Crippen molar-refractivity contribution in [2.45, 2.75) is 25.3 Å². The van der Waals surface area contributed by atoms with Gasteiger partial charge in [0.15, 0.2) is 0 Å². The van der Waals surface area contributed by atoms with Gasteiger partial charge in [0.05, 0.1) is 6.10 Å². The van der Waals surface area contributed by atoms with Gasteiger partial charge in [-0.25, -0.2) is 0 Å². The average Bonchev–Trinajstić information content (AvgIpc) is 2.63. The number of hydrogen-bond donors (Lipinski definition) is 1. The number of allylic oxidation sites excluding steroid dienone is 1. The first-order valence-electron chi connectivity index (χ1n) is 5.19. The molecule has 1 aliphatic carbocycles. The van der Waals surface area contributed by atoms with E-state index in [1.54, 1.807) is 18.2 Å². The molecule has 0 bridgehead atoms. The van der Waals surface area contributed by atoms with Crippen LogP contribution in [0.2, 0.25) is 0 Å². The second-order valence-electron chi connectivity index (χ2n) is 3.84. The molecule has 0 radical (unpaired) electrons. The Balaban J connectivity index is 2.31. The van der Waals surface area contributed by atoms with Gasteiger partial charge >= 0.3 is 6.36 Å². The molecule has 0 saturated carbocycles. The third-order valence-corrected chi connectivity index (χ3v) is 2.56. The average molecular weight is 244 g/mol. The second-order valence-corrected chi connectivity index (χ2v) is 3.84. The molecule has 1 aromatic carbocycles. The molecule has 0 amide bonds. The van der Waals surface area contributed by atoms with E-state index in [0.717, 1.165) is 0 Å². The monoisotopic (exact) mass is 244 g/mol.